The van der Waals surface area contributed by atoms with Crippen LogP contribution in [0.2, 0.25) is 0 Å². The van der Waals surface area contributed by atoms with Crippen LogP contribution in [0.3, 0.4) is 0 Å². The predicted molar refractivity (Wildman–Crippen MR) is 99.6 cm³/mol. The van der Waals surface area contributed by atoms with Gasteiger partial charge < -0.3 is 9.32 Å². The van der Waals surface area contributed by atoms with E-state index in [1.165, 1.54) is 10.4 Å². The van der Waals surface area contributed by atoms with Crippen LogP contribution >= 0.6 is 11.3 Å². The van der Waals surface area contributed by atoms with E-state index in [4.69, 9.17) is 4.42 Å². The van der Waals surface area contributed by atoms with Crippen LogP contribution in [0.1, 0.15) is 22.6 Å². The first-order valence-corrected chi connectivity index (χ1v) is 11.5. The lowest BCUT2D eigenvalue weighted by atomic mass is 10.1. The minimum absolute atomic E-state index is 0.0534. The summed E-state index contributed by atoms with van der Waals surface area (Å²) in [7, 11) is -3.01. The third-order valence-corrected chi connectivity index (χ3v) is 7.94. The third-order valence-electron chi connectivity index (χ3n) is 5.16. The van der Waals surface area contributed by atoms with Crippen molar-refractivity contribution in [2.75, 3.05) is 24.6 Å². The van der Waals surface area contributed by atoms with E-state index in [9.17, 15) is 13.2 Å². The number of thiophene rings is 1. The lowest BCUT2D eigenvalue weighted by Crippen LogP contribution is -2.46. The molecule has 4 rings (SSSR count). The molecule has 1 fully saturated rings. The van der Waals surface area contributed by atoms with Crippen LogP contribution in [-0.2, 0) is 34.1 Å². The van der Waals surface area contributed by atoms with Gasteiger partial charge in [0.05, 0.1) is 30.9 Å². The van der Waals surface area contributed by atoms with Gasteiger partial charge in [0.25, 0.3) is 0 Å². The van der Waals surface area contributed by atoms with Gasteiger partial charge in [-0.1, -0.05) is 0 Å². The highest BCUT2D eigenvalue weighted by Gasteiger charge is 2.34. The Labute approximate surface area is 157 Å². The average Bonchev–Trinajstić information content (AvgIpc) is 3.33. The summed E-state index contributed by atoms with van der Waals surface area (Å²) in [4.78, 5) is 18.1. The lowest BCUT2D eigenvalue weighted by molar-refractivity contribution is -0.134. The Bertz CT molecular complexity index is 873. The number of furan rings is 1. The van der Waals surface area contributed by atoms with E-state index in [0.717, 1.165) is 18.7 Å². The normalized spacial score (nSPS) is 21.9. The largest absolute Gasteiger partial charge is 0.468 e. The molecule has 2 aliphatic rings. The van der Waals surface area contributed by atoms with E-state index >= 15 is 0 Å². The first-order valence-electron chi connectivity index (χ1n) is 8.80. The second-order valence-electron chi connectivity index (χ2n) is 6.98. The number of amides is 1. The summed E-state index contributed by atoms with van der Waals surface area (Å²) in [5.41, 5.74) is 1.23. The maximum Gasteiger partial charge on any atom is 0.237 e. The van der Waals surface area contributed by atoms with Gasteiger partial charge in [-0.05, 0) is 42.0 Å². The molecule has 0 radical (unpaired) electrons. The highest BCUT2D eigenvalue weighted by molar-refractivity contribution is 7.91. The molecule has 0 N–H and O–H groups in total. The van der Waals surface area contributed by atoms with Crippen molar-refractivity contribution in [2.24, 2.45) is 0 Å². The average molecular weight is 395 g/mol. The summed E-state index contributed by atoms with van der Waals surface area (Å²) < 4.78 is 29.2. The summed E-state index contributed by atoms with van der Waals surface area (Å²) >= 11 is 1.75. The quantitative estimate of drug-likeness (QED) is 0.775. The van der Waals surface area contributed by atoms with Gasteiger partial charge in [-0.25, -0.2) is 8.42 Å². The van der Waals surface area contributed by atoms with Crippen molar-refractivity contribution in [1.82, 2.24) is 9.80 Å². The lowest BCUT2D eigenvalue weighted by Gasteiger charge is -2.32. The maximum atomic E-state index is 12.9. The molecule has 8 heteroatoms. The molecule has 0 bridgehead atoms. The summed E-state index contributed by atoms with van der Waals surface area (Å²) in [6.07, 6.45) is 3.07. The molecule has 0 aliphatic carbocycles. The fourth-order valence-corrected chi connectivity index (χ4v) is 6.37. The molecule has 1 unspecified atom stereocenters. The Hall–Kier alpha value is -1.64. The Morgan fingerprint density at radius 2 is 2.27 bits per heavy atom. The summed E-state index contributed by atoms with van der Waals surface area (Å²) in [6.45, 7) is 2.05. The van der Waals surface area contributed by atoms with Crippen LogP contribution in [-0.4, -0.2) is 54.8 Å². The van der Waals surface area contributed by atoms with E-state index in [2.05, 4.69) is 11.4 Å². The van der Waals surface area contributed by atoms with Crippen molar-refractivity contribution in [3.8, 4) is 0 Å². The van der Waals surface area contributed by atoms with E-state index in [-0.39, 0.29) is 30.0 Å². The van der Waals surface area contributed by atoms with E-state index in [0.29, 0.717) is 19.5 Å². The molecule has 1 saturated heterocycles. The molecule has 26 heavy (non-hydrogen) atoms. The molecule has 140 valence electrons. The second kappa shape index (κ2) is 7.17. The zero-order valence-corrected chi connectivity index (χ0v) is 16.1. The van der Waals surface area contributed by atoms with Gasteiger partial charge in [0.2, 0.25) is 5.91 Å². The molecular formula is C18H22N2O4S2. The maximum absolute atomic E-state index is 12.9. The Kier molecular flexibility index (Phi) is 4.90. The van der Waals surface area contributed by atoms with Gasteiger partial charge >= 0.3 is 0 Å². The first kappa shape index (κ1) is 17.8. The molecule has 0 saturated carbocycles. The number of nitrogens with zero attached hydrogens (tertiary/aromatic N) is 2. The number of rotatable bonds is 5. The highest BCUT2D eigenvalue weighted by Crippen LogP contribution is 2.25. The van der Waals surface area contributed by atoms with Gasteiger partial charge in [-0.2, -0.15) is 0 Å². The summed E-state index contributed by atoms with van der Waals surface area (Å²) in [5, 5.41) is 2.07. The standard InChI is InChI=1S/C18H22N2O4S2/c21-18(19-6-3-17-14(10-19)4-8-25-17)12-20(11-16-2-1-7-24-16)15-5-9-26(22,23)13-15/h1-2,4,7-8,15H,3,5-6,9-13H2. The second-order valence-corrected chi connectivity index (χ2v) is 10.2. The fraction of sp³-hybridized carbons (Fsp3) is 0.500. The zero-order valence-electron chi connectivity index (χ0n) is 14.5. The Morgan fingerprint density at radius 1 is 1.38 bits per heavy atom. The van der Waals surface area contributed by atoms with Crippen molar-refractivity contribution in [1.29, 1.82) is 0 Å². The van der Waals surface area contributed by atoms with Gasteiger partial charge in [-0.15, -0.1) is 11.3 Å². The van der Waals surface area contributed by atoms with Crippen molar-refractivity contribution in [3.05, 3.63) is 46.0 Å². The van der Waals surface area contributed by atoms with Gasteiger partial charge in [-0.3, -0.25) is 9.69 Å². The molecule has 1 atom stereocenters. The molecule has 2 aromatic heterocycles. The first-order chi connectivity index (χ1) is 12.5. The molecule has 0 spiro atoms. The van der Waals surface area contributed by atoms with Crippen molar-refractivity contribution in [3.63, 3.8) is 0 Å². The smallest absolute Gasteiger partial charge is 0.237 e. The molecule has 0 aromatic carbocycles. The molecule has 6 nitrogen and oxygen atoms in total. The predicted octanol–water partition coefficient (Wildman–Crippen LogP) is 1.92. The van der Waals surface area contributed by atoms with Gasteiger partial charge in [0, 0.05) is 24.0 Å². The number of carbonyl (C=O) groups is 1. The molecular weight excluding hydrogens is 372 g/mol. The van der Waals surface area contributed by atoms with E-state index in [1.54, 1.807) is 17.6 Å². The molecule has 2 aliphatic heterocycles. The monoisotopic (exact) mass is 394 g/mol. The van der Waals surface area contributed by atoms with E-state index in [1.807, 2.05) is 21.9 Å². The number of hydrogen-bond acceptors (Lipinski definition) is 6. The van der Waals surface area contributed by atoms with Crippen molar-refractivity contribution < 1.29 is 17.6 Å². The fourth-order valence-electron chi connectivity index (χ4n) is 3.72. The van der Waals surface area contributed by atoms with Crippen LogP contribution in [0.25, 0.3) is 0 Å². The minimum atomic E-state index is -3.01. The molecule has 1 amide bonds. The molecule has 2 aromatic rings. The van der Waals surface area contributed by atoms with Crippen LogP contribution in [0, 0.1) is 0 Å². The van der Waals surface area contributed by atoms with Gasteiger partial charge in [0.15, 0.2) is 9.84 Å². The SMILES string of the molecule is O=C(CN(Cc1ccco1)C1CCS(=O)(=O)C1)N1CCc2sccc2C1. The van der Waals surface area contributed by atoms with Crippen LogP contribution in [0.4, 0.5) is 0 Å². The van der Waals surface area contributed by atoms with Crippen LogP contribution in [0.15, 0.2) is 34.3 Å². The number of fused-ring (bicyclic) bond motifs is 1. The number of carbonyl (C=O) groups excluding carboxylic acids is 1. The van der Waals surface area contributed by atoms with E-state index < -0.39 is 9.84 Å². The van der Waals surface area contributed by atoms with Gasteiger partial charge in [0.1, 0.15) is 5.76 Å². The van der Waals surface area contributed by atoms with Crippen molar-refractivity contribution in [2.45, 2.75) is 32.0 Å². The number of hydrogen-bond donors (Lipinski definition) is 0. The topological polar surface area (TPSA) is 70.8 Å². The Balaban J connectivity index is 1.46. The highest BCUT2D eigenvalue weighted by atomic mass is 32.2. The Morgan fingerprint density at radius 3 is 3.00 bits per heavy atom. The van der Waals surface area contributed by atoms with Crippen LogP contribution < -0.4 is 0 Å². The summed E-state index contributed by atoms with van der Waals surface area (Å²) in [5.74, 6) is 1.12. The number of sulfone groups is 1. The van der Waals surface area contributed by atoms with Crippen molar-refractivity contribution >= 4 is 27.1 Å². The zero-order chi connectivity index (χ0) is 18.1. The third kappa shape index (κ3) is 3.87. The molecule has 4 heterocycles. The minimum Gasteiger partial charge on any atom is -0.468 e. The van der Waals surface area contributed by atoms with Crippen LogP contribution in [0.5, 0.6) is 0 Å². The summed E-state index contributed by atoms with van der Waals surface area (Å²) in [6, 6.07) is 5.63.